The highest BCUT2D eigenvalue weighted by molar-refractivity contribution is 5.69. The lowest BCUT2D eigenvalue weighted by Gasteiger charge is -2.33. The van der Waals surface area contributed by atoms with Gasteiger partial charge in [-0.3, -0.25) is 4.79 Å². The Bertz CT molecular complexity index is 1080. The number of benzene rings is 1. The highest BCUT2D eigenvalue weighted by Crippen LogP contribution is 2.26. The number of aromatic nitrogens is 3. The lowest BCUT2D eigenvalue weighted by Crippen LogP contribution is -2.34. The number of pyridine rings is 1. The van der Waals surface area contributed by atoms with Gasteiger partial charge in [-0.2, -0.15) is 4.68 Å². The highest BCUT2D eigenvalue weighted by Gasteiger charge is 2.22. The molecule has 158 valence electrons. The molecule has 0 bridgehead atoms. The third kappa shape index (κ3) is 3.90. The minimum Gasteiger partial charge on any atom is -0.482 e. The molecular weight excluding hydrogens is 384 g/mol. The van der Waals surface area contributed by atoms with E-state index in [9.17, 15) is 9.59 Å². The average molecular weight is 410 g/mol. The van der Waals surface area contributed by atoms with Crippen molar-refractivity contribution in [3.63, 3.8) is 0 Å². The maximum absolute atomic E-state index is 12.8. The average Bonchev–Trinajstić information content (AvgIpc) is 3.11. The Morgan fingerprint density at radius 1 is 1.10 bits per heavy atom. The summed E-state index contributed by atoms with van der Waals surface area (Å²) >= 11 is 0. The zero-order chi connectivity index (χ0) is 21.1. The molecule has 1 saturated heterocycles. The molecule has 8 nitrogen and oxygen atoms in total. The molecule has 0 amide bonds. The van der Waals surface area contributed by atoms with Gasteiger partial charge in [0.25, 0.3) is 0 Å². The van der Waals surface area contributed by atoms with Gasteiger partial charge in [-0.25, -0.2) is 9.20 Å². The molecule has 0 radical (unpaired) electrons. The van der Waals surface area contributed by atoms with E-state index < -0.39 is 0 Å². The predicted molar refractivity (Wildman–Crippen MR) is 114 cm³/mol. The maximum atomic E-state index is 12.8. The number of methoxy groups -OCH3 is 1. The van der Waals surface area contributed by atoms with Crippen LogP contribution in [0, 0.1) is 5.92 Å². The Kier molecular flexibility index (Phi) is 5.74. The number of anilines is 1. The number of hydrogen-bond acceptors (Lipinski definition) is 6. The molecule has 4 rings (SSSR count). The van der Waals surface area contributed by atoms with Crippen molar-refractivity contribution in [1.29, 1.82) is 0 Å². The molecule has 0 unspecified atom stereocenters. The number of hydrogen-bond donors (Lipinski definition) is 0. The molecule has 0 atom stereocenters. The smallest absolute Gasteiger partial charge is 0.358 e. The second kappa shape index (κ2) is 8.61. The van der Waals surface area contributed by atoms with Gasteiger partial charge in [-0.1, -0.05) is 6.07 Å². The molecule has 3 heterocycles. The normalized spacial score (nSPS) is 14.8. The molecule has 0 aliphatic carbocycles. The van der Waals surface area contributed by atoms with E-state index in [1.165, 1.54) is 16.2 Å². The zero-order valence-electron chi connectivity index (χ0n) is 17.3. The van der Waals surface area contributed by atoms with E-state index in [1.54, 1.807) is 18.2 Å². The number of piperidine rings is 1. The SMILES string of the molecule is CCOC(=O)CC1CCN(c2ccc(-n3nc4cccc(OC)n4c3=O)cc2)CC1. The summed E-state index contributed by atoms with van der Waals surface area (Å²) in [5.74, 6) is 0.729. The number of ether oxygens (including phenoxy) is 2. The Morgan fingerprint density at radius 3 is 2.47 bits per heavy atom. The van der Waals surface area contributed by atoms with Crippen molar-refractivity contribution >= 4 is 17.3 Å². The van der Waals surface area contributed by atoms with Crippen LogP contribution < -0.4 is 15.3 Å². The van der Waals surface area contributed by atoms with Crippen molar-refractivity contribution in [2.24, 2.45) is 5.92 Å². The number of nitrogens with zero attached hydrogens (tertiary/aromatic N) is 4. The van der Waals surface area contributed by atoms with Crippen LogP contribution in [0.25, 0.3) is 11.3 Å². The molecule has 1 aliphatic heterocycles. The van der Waals surface area contributed by atoms with Gasteiger partial charge in [0.1, 0.15) is 0 Å². The van der Waals surface area contributed by atoms with Crippen LogP contribution in [0.4, 0.5) is 5.69 Å². The third-order valence-corrected chi connectivity index (χ3v) is 5.55. The first kappa shape index (κ1) is 20.0. The van der Waals surface area contributed by atoms with E-state index in [2.05, 4.69) is 10.00 Å². The summed E-state index contributed by atoms with van der Waals surface area (Å²) in [6.07, 6.45) is 2.43. The largest absolute Gasteiger partial charge is 0.482 e. The fourth-order valence-corrected chi connectivity index (χ4v) is 3.97. The van der Waals surface area contributed by atoms with Gasteiger partial charge in [0, 0.05) is 25.2 Å². The molecule has 3 aromatic rings. The monoisotopic (exact) mass is 410 g/mol. The van der Waals surface area contributed by atoms with E-state index in [0.29, 0.717) is 36.2 Å². The quantitative estimate of drug-likeness (QED) is 0.582. The summed E-state index contributed by atoms with van der Waals surface area (Å²) in [5, 5.41) is 4.42. The number of carbonyl (C=O) groups is 1. The standard InChI is InChI=1S/C22H26N4O4/c1-3-30-21(27)15-16-11-13-24(14-12-16)17-7-9-18(10-8-17)26-22(28)25-19(23-26)5-4-6-20(25)29-2/h4-10,16H,3,11-15H2,1-2H3. The van der Waals surface area contributed by atoms with Gasteiger partial charge < -0.3 is 14.4 Å². The first-order chi connectivity index (χ1) is 14.6. The molecule has 1 aromatic carbocycles. The van der Waals surface area contributed by atoms with Gasteiger partial charge in [-0.15, -0.1) is 5.10 Å². The first-order valence-corrected chi connectivity index (χ1v) is 10.3. The van der Waals surface area contributed by atoms with Gasteiger partial charge in [0.2, 0.25) is 5.88 Å². The topological polar surface area (TPSA) is 78.1 Å². The molecule has 0 spiro atoms. The molecular formula is C22H26N4O4. The Hall–Kier alpha value is -3.29. The van der Waals surface area contributed by atoms with Crippen molar-refractivity contribution in [2.45, 2.75) is 26.2 Å². The fourth-order valence-electron chi connectivity index (χ4n) is 3.97. The van der Waals surface area contributed by atoms with Crippen molar-refractivity contribution in [2.75, 3.05) is 31.7 Å². The van der Waals surface area contributed by atoms with Gasteiger partial charge in [-0.05, 0) is 62.1 Å². The zero-order valence-corrected chi connectivity index (χ0v) is 17.3. The van der Waals surface area contributed by atoms with E-state index in [4.69, 9.17) is 9.47 Å². The Morgan fingerprint density at radius 2 is 1.80 bits per heavy atom. The molecule has 0 N–H and O–H groups in total. The van der Waals surface area contributed by atoms with Crippen LogP contribution in [0.15, 0.2) is 47.3 Å². The first-order valence-electron chi connectivity index (χ1n) is 10.3. The van der Waals surface area contributed by atoms with Crippen LogP contribution in [0.3, 0.4) is 0 Å². The van der Waals surface area contributed by atoms with E-state index in [-0.39, 0.29) is 11.7 Å². The lowest BCUT2D eigenvalue weighted by molar-refractivity contribution is -0.144. The second-order valence-electron chi connectivity index (χ2n) is 7.41. The molecule has 1 aliphatic rings. The maximum Gasteiger partial charge on any atom is 0.358 e. The summed E-state index contributed by atoms with van der Waals surface area (Å²) in [5.41, 5.74) is 2.07. The van der Waals surface area contributed by atoms with E-state index in [0.717, 1.165) is 31.6 Å². The van der Waals surface area contributed by atoms with Crippen LogP contribution in [-0.2, 0) is 9.53 Å². The third-order valence-electron chi connectivity index (χ3n) is 5.55. The van der Waals surface area contributed by atoms with E-state index >= 15 is 0 Å². The fraction of sp³-hybridized carbons (Fsp3) is 0.409. The van der Waals surface area contributed by atoms with Gasteiger partial charge in [0.15, 0.2) is 5.65 Å². The molecule has 2 aromatic heterocycles. The molecule has 30 heavy (non-hydrogen) atoms. The van der Waals surface area contributed by atoms with Crippen molar-refractivity contribution < 1.29 is 14.3 Å². The molecule has 8 heteroatoms. The molecule has 1 fully saturated rings. The minimum absolute atomic E-state index is 0.102. The van der Waals surface area contributed by atoms with E-state index in [1.807, 2.05) is 31.2 Å². The summed E-state index contributed by atoms with van der Waals surface area (Å²) in [7, 11) is 1.53. The lowest BCUT2D eigenvalue weighted by atomic mass is 9.93. The minimum atomic E-state index is -0.269. The predicted octanol–water partition coefficient (Wildman–Crippen LogP) is 2.66. The molecule has 0 saturated carbocycles. The van der Waals surface area contributed by atoms with Crippen LogP contribution in [0.1, 0.15) is 26.2 Å². The number of fused-ring (bicyclic) bond motifs is 1. The summed E-state index contributed by atoms with van der Waals surface area (Å²) in [6.45, 7) is 4.07. The van der Waals surface area contributed by atoms with Crippen molar-refractivity contribution in [3.8, 4) is 11.6 Å². The van der Waals surface area contributed by atoms with Gasteiger partial charge in [0.05, 0.1) is 19.4 Å². The highest BCUT2D eigenvalue weighted by atomic mass is 16.5. The van der Waals surface area contributed by atoms with Crippen LogP contribution >= 0.6 is 0 Å². The summed E-state index contributed by atoms with van der Waals surface area (Å²) in [6, 6.07) is 13.1. The van der Waals surface area contributed by atoms with Crippen molar-refractivity contribution in [1.82, 2.24) is 14.2 Å². The van der Waals surface area contributed by atoms with Gasteiger partial charge >= 0.3 is 11.7 Å². The summed E-state index contributed by atoms with van der Waals surface area (Å²) < 4.78 is 13.2. The number of rotatable bonds is 6. The Labute approximate surface area is 174 Å². The number of esters is 1. The van der Waals surface area contributed by atoms with Crippen LogP contribution in [-0.4, -0.2) is 47.0 Å². The second-order valence-corrected chi connectivity index (χ2v) is 7.41. The van der Waals surface area contributed by atoms with Crippen LogP contribution in [0.2, 0.25) is 0 Å². The van der Waals surface area contributed by atoms with Crippen molar-refractivity contribution in [3.05, 3.63) is 52.9 Å². The Balaban J connectivity index is 1.47. The van der Waals surface area contributed by atoms with Crippen LogP contribution in [0.5, 0.6) is 5.88 Å². The summed E-state index contributed by atoms with van der Waals surface area (Å²) in [4.78, 5) is 26.8. The number of carbonyl (C=O) groups excluding carboxylic acids is 1.